The SMILES string of the molecule is O=C(NCCc1nc(-c2ccccc2)cs1)C12CNCC1CNC2. The van der Waals surface area contributed by atoms with Gasteiger partial charge in [0.15, 0.2) is 0 Å². The smallest absolute Gasteiger partial charge is 0.229 e. The Morgan fingerprint density at radius 3 is 2.75 bits per heavy atom. The van der Waals surface area contributed by atoms with Crippen molar-refractivity contribution in [3.63, 3.8) is 0 Å². The molecule has 0 atom stereocenters. The van der Waals surface area contributed by atoms with Crippen LogP contribution < -0.4 is 16.0 Å². The van der Waals surface area contributed by atoms with E-state index in [-0.39, 0.29) is 11.3 Å². The van der Waals surface area contributed by atoms with Gasteiger partial charge in [-0.05, 0) is 0 Å². The predicted octanol–water partition coefficient (Wildman–Crippen LogP) is 1.28. The fraction of sp³-hybridized carbons (Fsp3) is 0.444. The molecule has 3 N–H and O–H groups in total. The van der Waals surface area contributed by atoms with Gasteiger partial charge in [0.05, 0.1) is 16.1 Å². The monoisotopic (exact) mass is 342 g/mol. The number of nitrogens with zero attached hydrogens (tertiary/aromatic N) is 1. The van der Waals surface area contributed by atoms with Gasteiger partial charge in [-0.1, -0.05) is 30.3 Å². The number of amides is 1. The van der Waals surface area contributed by atoms with E-state index >= 15 is 0 Å². The average Bonchev–Trinajstić information content (AvgIpc) is 3.31. The molecule has 0 aliphatic carbocycles. The van der Waals surface area contributed by atoms with E-state index in [4.69, 9.17) is 0 Å². The second kappa shape index (κ2) is 6.63. The number of carbonyl (C=O) groups is 1. The molecule has 2 saturated heterocycles. The van der Waals surface area contributed by atoms with Crippen LogP contribution in [-0.4, -0.2) is 43.6 Å². The minimum absolute atomic E-state index is 0.183. The second-order valence-electron chi connectivity index (χ2n) is 6.61. The zero-order valence-corrected chi connectivity index (χ0v) is 14.4. The fourth-order valence-electron chi connectivity index (χ4n) is 3.73. The molecule has 2 fully saturated rings. The number of thiazole rings is 1. The zero-order chi connectivity index (χ0) is 16.4. The van der Waals surface area contributed by atoms with Crippen LogP contribution in [0.4, 0.5) is 0 Å². The third-order valence-electron chi connectivity index (χ3n) is 5.14. The highest BCUT2D eigenvalue weighted by Crippen LogP contribution is 2.34. The molecular formula is C18H22N4OS. The Labute approximate surface area is 145 Å². The molecule has 2 aromatic rings. The van der Waals surface area contributed by atoms with Gasteiger partial charge < -0.3 is 16.0 Å². The summed E-state index contributed by atoms with van der Waals surface area (Å²) in [7, 11) is 0. The van der Waals surface area contributed by atoms with E-state index in [0.29, 0.717) is 12.5 Å². The summed E-state index contributed by atoms with van der Waals surface area (Å²) in [6, 6.07) is 10.2. The van der Waals surface area contributed by atoms with Crippen LogP contribution in [-0.2, 0) is 11.2 Å². The predicted molar refractivity (Wildman–Crippen MR) is 95.9 cm³/mol. The first-order chi connectivity index (χ1) is 11.8. The molecule has 0 spiro atoms. The molecule has 5 nitrogen and oxygen atoms in total. The van der Waals surface area contributed by atoms with Gasteiger partial charge in [-0.25, -0.2) is 4.98 Å². The van der Waals surface area contributed by atoms with E-state index in [1.807, 2.05) is 18.2 Å². The molecule has 2 aliphatic rings. The summed E-state index contributed by atoms with van der Waals surface area (Å²) < 4.78 is 0. The van der Waals surface area contributed by atoms with Crippen molar-refractivity contribution in [1.29, 1.82) is 0 Å². The van der Waals surface area contributed by atoms with Crippen molar-refractivity contribution in [3.05, 3.63) is 40.7 Å². The van der Waals surface area contributed by atoms with E-state index in [9.17, 15) is 4.79 Å². The van der Waals surface area contributed by atoms with Crippen LogP contribution in [0.1, 0.15) is 5.01 Å². The Balaban J connectivity index is 1.33. The molecule has 126 valence electrons. The lowest BCUT2D eigenvalue weighted by Gasteiger charge is -2.25. The van der Waals surface area contributed by atoms with Crippen molar-refractivity contribution in [2.45, 2.75) is 6.42 Å². The molecular weight excluding hydrogens is 320 g/mol. The molecule has 1 aromatic carbocycles. The third kappa shape index (κ3) is 2.85. The zero-order valence-electron chi connectivity index (χ0n) is 13.5. The maximum atomic E-state index is 12.7. The van der Waals surface area contributed by atoms with Gasteiger partial charge in [0.2, 0.25) is 5.91 Å². The van der Waals surface area contributed by atoms with Crippen molar-refractivity contribution >= 4 is 17.2 Å². The summed E-state index contributed by atoms with van der Waals surface area (Å²) >= 11 is 1.66. The number of hydrogen-bond donors (Lipinski definition) is 3. The molecule has 0 bridgehead atoms. The first kappa shape index (κ1) is 15.7. The standard InChI is InChI=1S/C18H22N4OS/c23-17(18-11-19-8-14(18)9-20-12-18)21-7-6-16-22-15(10-24-16)13-4-2-1-3-5-13/h1-5,10,14,19-20H,6-9,11-12H2,(H,21,23). The first-order valence-corrected chi connectivity index (χ1v) is 9.35. The lowest BCUT2D eigenvalue weighted by atomic mass is 9.80. The summed E-state index contributed by atoms with van der Waals surface area (Å²) in [5, 5.41) is 13.0. The van der Waals surface area contributed by atoms with Gasteiger partial charge in [-0.3, -0.25) is 4.79 Å². The molecule has 3 heterocycles. The average molecular weight is 342 g/mol. The normalized spacial score (nSPS) is 25.6. The number of aromatic nitrogens is 1. The van der Waals surface area contributed by atoms with E-state index in [2.05, 4.69) is 38.4 Å². The second-order valence-corrected chi connectivity index (χ2v) is 7.56. The largest absolute Gasteiger partial charge is 0.355 e. The van der Waals surface area contributed by atoms with Gasteiger partial charge in [-0.15, -0.1) is 11.3 Å². The highest BCUT2D eigenvalue weighted by atomic mass is 32.1. The quantitative estimate of drug-likeness (QED) is 0.766. The molecule has 0 saturated carbocycles. The van der Waals surface area contributed by atoms with Crippen LogP contribution in [0.5, 0.6) is 0 Å². The van der Waals surface area contributed by atoms with E-state index < -0.39 is 0 Å². The first-order valence-electron chi connectivity index (χ1n) is 8.47. The van der Waals surface area contributed by atoms with Gasteiger partial charge in [-0.2, -0.15) is 0 Å². The Hall–Kier alpha value is -1.76. The van der Waals surface area contributed by atoms with E-state index in [1.165, 1.54) is 0 Å². The van der Waals surface area contributed by atoms with E-state index in [1.54, 1.807) is 11.3 Å². The molecule has 1 aromatic heterocycles. The van der Waals surface area contributed by atoms with Gasteiger partial charge in [0.25, 0.3) is 0 Å². The van der Waals surface area contributed by atoms with Crippen LogP contribution in [0.15, 0.2) is 35.7 Å². The number of fused-ring (bicyclic) bond motifs is 1. The molecule has 0 radical (unpaired) electrons. The molecule has 2 aliphatic heterocycles. The number of nitrogens with one attached hydrogen (secondary N) is 3. The van der Waals surface area contributed by atoms with Crippen LogP contribution >= 0.6 is 11.3 Å². The fourth-order valence-corrected chi connectivity index (χ4v) is 4.53. The number of hydrogen-bond acceptors (Lipinski definition) is 5. The minimum Gasteiger partial charge on any atom is -0.355 e. The Kier molecular flexibility index (Phi) is 4.35. The highest BCUT2D eigenvalue weighted by molar-refractivity contribution is 7.09. The van der Waals surface area contributed by atoms with Gasteiger partial charge in [0, 0.05) is 56.0 Å². The molecule has 0 unspecified atom stereocenters. The maximum absolute atomic E-state index is 12.7. The van der Waals surface area contributed by atoms with Crippen molar-refractivity contribution in [2.24, 2.45) is 11.3 Å². The lowest BCUT2D eigenvalue weighted by Crippen LogP contribution is -2.47. The topological polar surface area (TPSA) is 66.0 Å². The molecule has 6 heteroatoms. The highest BCUT2D eigenvalue weighted by Gasteiger charge is 2.51. The van der Waals surface area contributed by atoms with Crippen LogP contribution in [0.2, 0.25) is 0 Å². The number of benzene rings is 1. The van der Waals surface area contributed by atoms with Crippen molar-refractivity contribution in [1.82, 2.24) is 20.9 Å². The Bertz CT molecular complexity index is 705. The number of carbonyl (C=O) groups excluding carboxylic acids is 1. The van der Waals surface area contributed by atoms with Crippen molar-refractivity contribution in [3.8, 4) is 11.3 Å². The maximum Gasteiger partial charge on any atom is 0.229 e. The number of rotatable bonds is 5. The Morgan fingerprint density at radius 1 is 1.25 bits per heavy atom. The van der Waals surface area contributed by atoms with Crippen molar-refractivity contribution in [2.75, 3.05) is 32.7 Å². The summed E-state index contributed by atoms with van der Waals surface area (Å²) in [5.74, 6) is 0.601. The molecule has 1 amide bonds. The van der Waals surface area contributed by atoms with Crippen LogP contribution in [0.25, 0.3) is 11.3 Å². The molecule has 24 heavy (non-hydrogen) atoms. The van der Waals surface area contributed by atoms with Crippen LogP contribution in [0.3, 0.4) is 0 Å². The molecule has 4 rings (SSSR count). The minimum atomic E-state index is -0.252. The summed E-state index contributed by atoms with van der Waals surface area (Å²) in [6.07, 6.45) is 0.783. The van der Waals surface area contributed by atoms with Crippen LogP contribution in [0, 0.1) is 11.3 Å². The summed E-state index contributed by atoms with van der Waals surface area (Å²) in [5.41, 5.74) is 1.90. The van der Waals surface area contributed by atoms with Gasteiger partial charge >= 0.3 is 0 Å². The summed E-state index contributed by atoms with van der Waals surface area (Å²) in [6.45, 7) is 4.09. The summed E-state index contributed by atoms with van der Waals surface area (Å²) in [4.78, 5) is 17.3. The third-order valence-corrected chi connectivity index (χ3v) is 6.05. The van der Waals surface area contributed by atoms with Gasteiger partial charge in [0.1, 0.15) is 0 Å². The Morgan fingerprint density at radius 2 is 2.00 bits per heavy atom. The van der Waals surface area contributed by atoms with Crippen molar-refractivity contribution < 1.29 is 4.79 Å². The lowest BCUT2D eigenvalue weighted by molar-refractivity contribution is -0.130. The van der Waals surface area contributed by atoms with E-state index in [0.717, 1.165) is 48.9 Å².